The first-order valence-corrected chi connectivity index (χ1v) is 8.11. The van der Waals surface area contributed by atoms with Crippen molar-refractivity contribution in [1.29, 1.82) is 0 Å². The molecule has 0 aromatic heterocycles. The van der Waals surface area contributed by atoms with Gasteiger partial charge in [-0.25, -0.2) is 4.79 Å². The van der Waals surface area contributed by atoms with Crippen molar-refractivity contribution in [2.24, 2.45) is 0 Å². The van der Waals surface area contributed by atoms with E-state index in [1.165, 1.54) is 5.56 Å². The molecular formula is C22H20O2. The topological polar surface area (TPSA) is 26.3 Å². The SMILES string of the molecule is CC(C)c1ccc(C(=O)Oc2ccc(-c3ccccc3)cc2)cc1. The van der Waals surface area contributed by atoms with E-state index in [0.29, 0.717) is 17.2 Å². The highest BCUT2D eigenvalue weighted by Gasteiger charge is 2.09. The van der Waals surface area contributed by atoms with Crippen LogP contribution in [0.2, 0.25) is 0 Å². The molecule has 0 aliphatic rings. The van der Waals surface area contributed by atoms with Gasteiger partial charge in [0.15, 0.2) is 0 Å². The van der Waals surface area contributed by atoms with E-state index >= 15 is 0 Å². The van der Waals surface area contributed by atoms with Gasteiger partial charge in [0.2, 0.25) is 0 Å². The molecule has 0 aliphatic heterocycles. The molecule has 0 amide bonds. The Hall–Kier alpha value is -2.87. The third-order valence-electron chi connectivity index (χ3n) is 3.99. The van der Waals surface area contributed by atoms with Gasteiger partial charge in [-0.2, -0.15) is 0 Å². The lowest BCUT2D eigenvalue weighted by Crippen LogP contribution is -2.08. The maximum Gasteiger partial charge on any atom is 0.343 e. The Kier molecular flexibility index (Phi) is 4.76. The Morgan fingerprint density at radius 2 is 1.33 bits per heavy atom. The second-order valence-electron chi connectivity index (χ2n) is 6.06. The van der Waals surface area contributed by atoms with Crippen LogP contribution in [-0.4, -0.2) is 5.97 Å². The summed E-state index contributed by atoms with van der Waals surface area (Å²) in [5, 5.41) is 0. The Balaban J connectivity index is 1.70. The molecule has 2 heteroatoms. The molecule has 0 saturated carbocycles. The quantitative estimate of drug-likeness (QED) is 0.456. The summed E-state index contributed by atoms with van der Waals surface area (Å²) < 4.78 is 5.45. The molecule has 0 N–H and O–H groups in total. The van der Waals surface area contributed by atoms with E-state index in [9.17, 15) is 4.79 Å². The van der Waals surface area contributed by atoms with Crippen LogP contribution < -0.4 is 4.74 Å². The molecule has 0 radical (unpaired) electrons. The van der Waals surface area contributed by atoms with Gasteiger partial charge in [-0.05, 0) is 46.9 Å². The van der Waals surface area contributed by atoms with Crippen molar-refractivity contribution >= 4 is 5.97 Å². The van der Waals surface area contributed by atoms with Crippen molar-refractivity contribution < 1.29 is 9.53 Å². The van der Waals surface area contributed by atoms with Crippen LogP contribution in [-0.2, 0) is 0 Å². The molecule has 3 aromatic rings. The monoisotopic (exact) mass is 316 g/mol. The molecule has 3 rings (SSSR count). The number of rotatable bonds is 4. The molecule has 2 nitrogen and oxygen atoms in total. The summed E-state index contributed by atoms with van der Waals surface area (Å²) in [7, 11) is 0. The predicted molar refractivity (Wildman–Crippen MR) is 97.4 cm³/mol. The van der Waals surface area contributed by atoms with E-state index in [2.05, 4.69) is 26.0 Å². The lowest BCUT2D eigenvalue weighted by molar-refractivity contribution is 0.0735. The molecular weight excluding hydrogens is 296 g/mol. The lowest BCUT2D eigenvalue weighted by Gasteiger charge is -2.08. The van der Waals surface area contributed by atoms with E-state index in [4.69, 9.17) is 4.74 Å². The smallest absolute Gasteiger partial charge is 0.343 e. The zero-order chi connectivity index (χ0) is 16.9. The molecule has 0 fully saturated rings. The van der Waals surface area contributed by atoms with Crippen LogP contribution in [0.15, 0.2) is 78.9 Å². The molecule has 0 atom stereocenters. The number of carbonyl (C=O) groups is 1. The molecule has 0 heterocycles. The van der Waals surface area contributed by atoms with Crippen LogP contribution in [0.5, 0.6) is 5.75 Å². The number of benzene rings is 3. The van der Waals surface area contributed by atoms with Crippen LogP contribution in [0, 0.1) is 0 Å². The van der Waals surface area contributed by atoms with Crippen molar-refractivity contribution in [2.45, 2.75) is 19.8 Å². The lowest BCUT2D eigenvalue weighted by atomic mass is 10.0. The number of ether oxygens (including phenoxy) is 1. The molecule has 120 valence electrons. The van der Waals surface area contributed by atoms with Gasteiger partial charge in [-0.15, -0.1) is 0 Å². The third kappa shape index (κ3) is 3.72. The Labute approximate surface area is 142 Å². The third-order valence-corrected chi connectivity index (χ3v) is 3.99. The van der Waals surface area contributed by atoms with Crippen molar-refractivity contribution in [3.8, 4) is 16.9 Å². The fourth-order valence-electron chi connectivity index (χ4n) is 2.52. The normalized spacial score (nSPS) is 10.6. The second kappa shape index (κ2) is 7.14. The van der Waals surface area contributed by atoms with Gasteiger partial charge < -0.3 is 4.74 Å². The van der Waals surface area contributed by atoms with Gasteiger partial charge in [0.25, 0.3) is 0 Å². The Bertz CT molecular complexity index is 801. The fraction of sp³-hybridized carbons (Fsp3) is 0.136. The maximum absolute atomic E-state index is 12.2. The highest BCUT2D eigenvalue weighted by atomic mass is 16.5. The molecule has 0 spiro atoms. The van der Waals surface area contributed by atoms with Crippen LogP contribution >= 0.6 is 0 Å². The minimum Gasteiger partial charge on any atom is -0.423 e. The molecule has 3 aromatic carbocycles. The summed E-state index contributed by atoms with van der Waals surface area (Å²) in [6, 6.07) is 25.2. The summed E-state index contributed by atoms with van der Waals surface area (Å²) in [6.07, 6.45) is 0. The Morgan fingerprint density at radius 1 is 0.750 bits per heavy atom. The Morgan fingerprint density at radius 3 is 1.92 bits per heavy atom. The van der Waals surface area contributed by atoms with Crippen molar-refractivity contribution in [1.82, 2.24) is 0 Å². The summed E-state index contributed by atoms with van der Waals surface area (Å²) in [6.45, 7) is 4.25. The van der Waals surface area contributed by atoms with E-state index in [-0.39, 0.29) is 5.97 Å². The van der Waals surface area contributed by atoms with Crippen molar-refractivity contribution in [2.75, 3.05) is 0 Å². The summed E-state index contributed by atoms with van der Waals surface area (Å²) in [4.78, 5) is 12.2. The molecule has 24 heavy (non-hydrogen) atoms. The first kappa shape index (κ1) is 16.0. The first-order chi connectivity index (χ1) is 11.6. The average Bonchev–Trinajstić information content (AvgIpc) is 2.63. The largest absolute Gasteiger partial charge is 0.423 e. The van der Waals surface area contributed by atoms with Crippen LogP contribution in [0.25, 0.3) is 11.1 Å². The summed E-state index contributed by atoms with van der Waals surface area (Å²) in [5.74, 6) is 0.658. The average molecular weight is 316 g/mol. The van der Waals surface area contributed by atoms with Gasteiger partial charge in [-0.3, -0.25) is 0 Å². The van der Waals surface area contributed by atoms with Crippen molar-refractivity contribution in [3.63, 3.8) is 0 Å². The van der Waals surface area contributed by atoms with Gasteiger partial charge in [0.05, 0.1) is 5.56 Å². The molecule has 0 bridgehead atoms. The van der Waals surface area contributed by atoms with Gasteiger partial charge >= 0.3 is 5.97 Å². The van der Waals surface area contributed by atoms with Gasteiger partial charge in [0.1, 0.15) is 5.75 Å². The van der Waals surface area contributed by atoms with E-state index in [0.717, 1.165) is 11.1 Å². The van der Waals surface area contributed by atoms with Gasteiger partial charge in [0, 0.05) is 0 Å². The predicted octanol–water partition coefficient (Wildman–Crippen LogP) is 5.70. The number of hydrogen-bond acceptors (Lipinski definition) is 2. The number of esters is 1. The second-order valence-corrected chi connectivity index (χ2v) is 6.06. The molecule has 0 saturated heterocycles. The summed E-state index contributed by atoms with van der Waals surface area (Å²) in [5.41, 5.74) is 4.00. The standard InChI is InChI=1S/C22H20O2/c1-16(2)17-8-10-20(11-9-17)22(23)24-21-14-12-19(13-15-21)18-6-4-3-5-7-18/h3-16H,1-2H3. The van der Waals surface area contributed by atoms with Gasteiger partial charge in [-0.1, -0.05) is 68.4 Å². The zero-order valence-electron chi connectivity index (χ0n) is 13.9. The van der Waals surface area contributed by atoms with Crippen LogP contribution in [0.1, 0.15) is 35.7 Å². The highest BCUT2D eigenvalue weighted by Crippen LogP contribution is 2.23. The fourth-order valence-corrected chi connectivity index (χ4v) is 2.52. The van der Waals surface area contributed by atoms with E-state index in [1.54, 1.807) is 0 Å². The number of carbonyl (C=O) groups excluding carboxylic acids is 1. The highest BCUT2D eigenvalue weighted by molar-refractivity contribution is 5.91. The molecule has 0 aliphatic carbocycles. The maximum atomic E-state index is 12.2. The molecule has 0 unspecified atom stereocenters. The van der Waals surface area contributed by atoms with E-state index < -0.39 is 0 Å². The minimum absolute atomic E-state index is 0.335. The first-order valence-electron chi connectivity index (χ1n) is 8.11. The van der Waals surface area contributed by atoms with E-state index in [1.807, 2.05) is 66.7 Å². The summed E-state index contributed by atoms with van der Waals surface area (Å²) >= 11 is 0. The zero-order valence-corrected chi connectivity index (χ0v) is 13.9. The van der Waals surface area contributed by atoms with Crippen molar-refractivity contribution in [3.05, 3.63) is 90.0 Å². The van der Waals surface area contributed by atoms with Crippen LogP contribution in [0.3, 0.4) is 0 Å². The number of hydrogen-bond donors (Lipinski definition) is 0. The minimum atomic E-state index is -0.335. The van der Waals surface area contributed by atoms with Crippen LogP contribution in [0.4, 0.5) is 0 Å².